The van der Waals surface area contributed by atoms with Gasteiger partial charge in [0, 0.05) is 24.3 Å². The number of rotatable bonds is 12. The molecule has 2 aromatic rings. The predicted molar refractivity (Wildman–Crippen MR) is 200 cm³/mol. The Morgan fingerprint density at radius 1 is 1.09 bits per heavy atom. The van der Waals surface area contributed by atoms with Crippen LogP contribution in [-0.2, 0) is 16.1 Å². The van der Waals surface area contributed by atoms with Crippen LogP contribution in [0.4, 0.5) is 0 Å². The maximum Gasteiger partial charge on any atom is 0.332 e. The second-order valence-electron chi connectivity index (χ2n) is 11.2. The summed E-state index contributed by atoms with van der Waals surface area (Å²) in [4.78, 5) is 15.7. The number of halogens is 1. The first-order chi connectivity index (χ1) is 21.9. The number of benzene rings is 2. The van der Waals surface area contributed by atoms with Gasteiger partial charge in [-0.15, -0.1) is 0 Å². The minimum Gasteiger partial charge on any atom is -0.497 e. The van der Waals surface area contributed by atoms with Gasteiger partial charge in [0.25, 0.3) is 0 Å². The Morgan fingerprint density at radius 3 is 2.17 bits per heavy atom. The van der Waals surface area contributed by atoms with Crippen molar-refractivity contribution in [3.63, 3.8) is 0 Å². The van der Waals surface area contributed by atoms with Gasteiger partial charge in [-0.25, -0.2) is 4.79 Å². The first-order valence-electron chi connectivity index (χ1n) is 16.6. The molecule has 258 valence electrons. The third-order valence-corrected chi connectivity index (χ3v) is 8.64. The van der Waals surface area contributed by atoms with Gasteiger partial charge >= 0.3 is 5.97 Å². The summed E-state index contributed by atoms with van der Waals surface area (Å²) in [6.45, 7) is 21.6. The fourth-order valence-corrected chi connectivity index (χ4v) is 5.19. The van der Waals surface area contributed by atoms with Gasteiger partial charge in [-0.05, 0) is 108 Å². The number of ether oxygens (including phenoxy) is 2. The Morgan fingerprint density at radius 2 is 1.70 bits per heavy atom. The molecule has 7 heteroatoms. The Labute approximate surface area is 289 Å². The SMILES string of the molecule is C/C=C\CC.CC.CC=C(C)C.COc1ccc(C2=CN(CCCC(C)c3cccc(COC(C)C(=O)O)c3Br)C(C)N2C)cc1. The maximum atomic E-state index is 11.0. The Kier molecular flexibility index (Phi) is 22.6. The second kappa shape index (κ2) is 24.2. The van der Waals surface area contributed by atoms with Crippen molar-refractivity contribution in [2.24, 2.45) is 0 Å². The molecule has 0 amide bonds. The smallest absolute Gasteiger partial charge is 0.332 e. The van der Waals surface area contributed by atoms with E-state index >= 15 is 0 Å². The molecule has 6 nitrogen and oxygen atoms in total. The lowest BCUT2D eigenvalue weighted by molar-refractivity contribution is -0.149. The molecular formula is C39H61BrN2O4. The molecule has 0 radical (unpaired) electrons. The molecule has 46 heavy (non-hydrogen) atoms. The average Bonchev–Trinajstić information content (AvgIpc) is 3.34. The highest BCUT2D eigenvalue weighted by Gasteiger charge is 2.26. The average molecular weight is 702 g/mol. The van der Waals surface area contributed by atoms with E-state index in [1.54, 1.807) is 14.0 Å². The largest absolute Gasteiger partial charge is 0.497 e. The molecule has 1 aliphatic rings. The molecule has 3 unspecified atom stereocenters. The lowest BCUT2D eigenvalue weighted by atomic mass is 9.94. The van der Waals surface area contributed by atoms with E-state index in [0.29, 0.717) is 12.1 Å². The van der Waals surface area contributed by atoms with Crippen LogP contribution < -0.4 is 4.74 Å². The summed E-state index contributed by atoms with van der Waals surface area (Å²) in [5, 5.41) is 9.04. The fourth-order valence-electron chi connectivity index (χ4n) is 4.42. The summed E-state index contributed by atoms with van der Waals surface area (Å²) >= 11 is 3.73. The number of carboxylic acid groups (broad SMARTS) is 1. The van der Waals surface area contributed by atoms with Crippen LogP contribution in [-0.4, -0.2) is 53.8 Å². The van der Waals surface area contributed by atoms with Crippen LogP contribution in [0.1, 0.15) is 111 Å². The number of nitrogens with zero attached hydrogens (tertiary/aromatic N) is 2. The summed E-state index contributed by atoms with van der Waals surface area (Å²) in [7, 11) is 3.82. The quantitative estimate of drug-likeness (QED) is 0.222. The molecular weight excluding hydrogens is 640 g/mol. The standard InChI is InChI=1S/C27H35BrN2O4.2C5H10.C2H6/c1-18(24-10-6-9-22(26(24)28)17-34-19(2)27(31)32)8-7-15-30-16-25(29(4)20(30)3)21-11-13-23(33-5)14-12-21;1-4-5(2)3;1-3-5-4-2;1-2/h6,9-14,16,18-20H,7-8,15,17H2,1-5H3,(H,31,32);4H,1-3H3;3,5H,4H2,1-2H3;1-2H3/b;;5-3-;. The van der Waals surface area contributed by atoms with Crippen molar-refractivity contribution < 1.29 is 19.4 Å². The maximum absolute atomic E-state index is 11.0. The van der Waals surface area contributed by atoms with Crippen LogP contribution in [0.3, 0.4) is 0 Å². The van der Waals surface area contributed by atoms with E-state index in [0.717, 1.165) is 41.6 Å². The Hall–Kier alpha value is -3.03. The Balaban J connectivity index is 0.00000145. The molecule has 0 fully saturated rings. The lowest BCUT2D eigenvalue weighted by Crippen LogP contribution is -2.35. The summed E-state index contributed by atoms with van der Waals surface area (Å²) in [5.41, 5.74) is 5.98. The molecule has 0 saturated heterocycles. The fraction of sp³-hybridized carbons (Fsp3) is 0.513. The molecule has 0 bridgehead atoms. The van der Waals surface area contributed by atoms with E-state index in [1.165, 1.54) is 22.4 Å². The first-order valence-corrected chi connectivity index (χ1v) is 17.4. The van der Waals surface area contributed by atoms with Gasteiger partial charge in [0.1, 0.15) is 5.75 Å². The van der Waals surface area contributed by atoms with Crippen molar-refractivity contribution in [1.29, 1.82) is 0 Å². The Bertz CT molecular complexity index is 1220. The van der Waals surface area contributed by atoms with Crippen LogP contribution in [0, 0.1) is 0 Å². The molecule has 0 aromatic heterocycles. The summed E-state index contributed by atoms with van der Waals surface area (Å²) in [5.74, 6) is 0.278. The topological polar surface area (TPSA) is 62.2 Å². The second-order valence-corrected chi connectivity index (χ2v) is 12.0. The van der Waals surface area contributed by atoms with Crippen molar-refractivity contribution in [3.05, 3.63) is 93.6 Å². The number of hydrogen-bond donors (Lipinski definition) is 1. The monoisotopic (exact) mass is 700 g/mol. The molecule has 1 aliphatic heterocycles. The highest BCUT2D eigenvalue weighted by Crippen LogP contribution is 2.33. The van der Waals surface area contributed by atoms with E-state index in [-0.39, 0.29) is 6.61 Å². The van der Waals surface area contributed by atoms with Gasteiger partial charge in [-0.2, -0.15) is 0 Å². The zero-order valence-corrected chi connectivity index (χ0v) is 32.1. The highest BCUT2D eigenvalue weighted by molar-refractivity contribution is 9.10. The lowest BCUT2D eigenvalue weighted by Gasteiger charge is -2.29. The van der Waals surface area contributed by atoms with Crippen molar-refractivity contribution in [2.45, 2.75) is 113 Å². The van der Waals surface area contributed by atoms with Crippen LogP contribution in [0.2, 0.25) is 0 Å². The number of hydrogen-bond acceptors (Lipinski definition) is 5. The molecule has 0 aliphatic carbocycles. The summed E-state index contributed by atoms with van der Waals surface area (Å²) in [6, 6.07) is 14.3. The zero-order valence-electron chi connectivity index (χ0n) is 30.6. The number of carbonyl (C=O) groups is 1. The minimum atomic E-state index is -0.952. The number of allylic oxidation sites excluding steroid dienone is 4. The van der Waals surface area contributed by atoms with Crippen molar-refractivity contribution in [1.82, 2.24) is 9.80 Å². The molecule has 1 N–H and O–H groups in total. The highest BCUT2D eigenvalue weighted by atomic mass is 79.9. The van der Waals surface area contributed by atoms with Crippen molar-refractivity contribution in [2.75, 3.05) is 20.7 Å². The third-order valence-electron chi connectivity index (χ3n) is 7.67. The van der Waals surface area contributed by atoms with Crippen LogP contribution in [0.5, 0.6) is 5.75 Å². The normalized spacial score (nSPS) is 14.9. The van der Waals surface area contributed by atoms with Gasteiger partial charge < -0.3 is 24.4 Å². The zero-order chi connectivity index (χ0) is 35.2. The van der Waals surface area contributed by atoms with Gasteiger partial charge in [0.05, 0.1) is 25.6 Å². The molecule has 1 heterocycles. The first kappa shape index (κ1) is 43.0. The van der Waals surface area contributed by atoms with E-state index < -0.39 is 12.1 Å². The van der Waals surface area contributed by atoms with Gasteiger partial charge in [0.15, 0.2) is 6.10 Å². The van der Waals surface area contributed by atoms with Crippen LogP contribution in [0.25, 0.3) is 5.70 Å². The van der Waals surface area contributed by atoms with E-state index in [4.69, 9.17) is 14.6 Å². The number of methoxy groups -OCH3 is 1. The van der Waals surface area contributed by atoms with Crippen LogP contribution >= 0.6 is 15.9 Å². The van der Waals surface area contributed by atoms with Gasteiger partial charge in [0.2, 0.25) is 0 Å². The van der Waals surface area contributed by atoms with Crippen LogP contribution in [0.15, 0.2) is 76.9 Å². The molecule has 3 rings (SSSR count). The van der Waals surface area contributed by atoms with E-state index in [1.807, 2.05) is 52.0 Å². The van der Waals surface area contributed by atoms with E-state index in [2.05, 4.69) is 110 Å². The minimum absolute atomic E-state index is 0.269. The predicted octanol–water partition coefficient (Wildman–Crippen LogP) is 10.9. The molecule has 2 aromatic carbocycles. The summed E-state index contributed by atoms with van der Waals surface area (Å²) < 4.78 is 11.8. The third kappa shape index (κ3) is 15.0. The van der Waals surface area contributed by atoms with E-state index in [9.17, 15) is 4.79 Å². The molecule has 0 saturated carbocycles. The van der Waals surface area contributed by atoms with Crippen molar-refractivity contribution >= 4 is 27.6 Å². The van der Waals surface area contributed by atoms with Gasteiger partial charge in [-0.3, -0.25) is 0 Å². The molecule has 0 spiro atoms. The molecule has 3 atom stereocenters. The van der Waals surface area contributed by atoms with Gasteiger partial charge in [-0.1, -0.05) is 85.6 Å². The summed E-state index contributed by atoms with van der Waals surface area (Å²) in [6.07, 6.45) is 11.3. The number of carboxylic acids is 1. The van der Waals surface area contributed by atoms with Crippen molar-refractivity contribution in [3.8, 4) is 5.75 Å². The number of aliphatic carboxylic acids is 1.